The molecule has 28 heavy (non-hydrogen) atoms. The highest BCUT2D eigenvalue weighted by Crippen LogP contribution is 2.14. The molecule has 3 rings (SSSR count). The van der Waals surface area contributed by atoms with Crippen LogP contribution in [0.5, 0.6) is 0 Å². The van der Waals surface area contributed by atoms with Crippen LogP contribution in [0, 0.1) is 10.1 Å². The largest absolute Gasteiger partial charge is 0.354 e. The molecule has 1 fully saturated rings. The summed E-state index contributed by atoms with van der Waals surface area (Å²) in [5.41, 5.74) is 1.03. The molecule has 1 aliphatic rings. The van der Waals surface area contributed by atoms with Crippen LogP contribution in [-0.2, 0) is 6.54 Å². The minimum atomic E-state index is -0.394. The summed E-state index contributed by atoms with van der Waals surface area (Å²) in [4.78, 5) is 28.2. The molecule has 0 aliphatic carbocycles. The average molecular weight is 383 g/mol. The van der Waals surface area contributed by atoms with Crippen LogP contribution in [0.4, 0.5) is 11.6 Å². The van der Waals surface area contributed by atoms with Crippen LogP contribution in [0.25, 0.3) is 0 Å². The maximum Gasteiger partial charge on any atom is 0.269 e. The number of guanidine groups is 1. The van der Waals surface area contributed by atoms with E-state index in [1.807, 2.05) is 6.07 Å². The van der Waals surface area contributed by atoms with Crippen molar-refractivity contribution >= 4 is 17.6 Å². The Hall–Kier alpha value is -3.23. The summed E-state index contributed by atoms with van der Waals surface area (Å²) in [6, 6.07) is 8.59. The first-order valence-electron chi connectivity index (χ1n) is 9.34. The number of rotatable bonds is 5. The molecule has 0 radical (unpaired) electrons. The third-order valence-electron chi connectivity index (χ3n) is 4.39. The van der Waals surface area contributed by atoms with E-state index in [1.54, 1.807) is 24.5 Å². The molecular weight excluding hydrogens is 358 g/mol. The standard InChI is InChI=1S/C19H25N7O2/c1-15(2)23-19(22-14-16-4-6-17(7-5-16)26(27)28)25-12-10-24(11-13-25)18-20-8-3-9-21-18/h3-9,15H,10-14H2,1-2H3,(H,22,23). The van der Waals surface area contributed by atoms with Crippen LogP contribution < -0.4 is 10.2 Å². The first-order chi connectivity index (χ1) is 13.5. The number of piperazine rings is 1. The minimum absolute atomic E-state index is 0.0903. The number of nitro groups is 1. The number of aromatic nitrogens is 2. The second-order valence-electron chi connectivity index (χ2n) is 6.89. The fourth-order valence-electron chi connectivity index (χ4n) is 2.96. The number of non-ortho nitro benzene ring substituents is 1. The fraction of sp³-hybridized carbons (Fsp3) is 0.421. The van der Waals surface area contributed by atoms with Gasteiger partial charge in [-0.05, 0) is 25.5 Å². The Morgan fingerprint density at radius 3 is 2.39 bits per heavy atom. The summed E-state index contributed by atoms with van der Waals surface area (Å²) in [5.74, 6) is 1.60. The van der Waals surface area contributed by atoms with Gasteiger partial charge in [0, 0.05) is 56.7 Å². The zero-order valence-electron chi connectivity index (χ0n) is 16.2. The van der Waals surface area contributed by atoms with Crippen molar-refractivity contribution < 1.29 is 4.92 Å². The first-order valence-corrected chi connectivity index (χ1v) is 9.34. The molecule has 1 saturated heterocycles. The third kappa shape index (κ3) is 5.15. The number of nitrogens with zero attached hydrogens (tertiary/aromatic N) is 6. The molecule has 1 N–H and O–H groups in total. The van der Waals surface area contributed by atoms with Crippen LogP contribution in [0.15, 0.2) is 47.7 Å². The number of aliphatic imine (C=N–C) groups is 1. The topological polar surface area (TPSA) is 99.8 Å². The van der Waals surface area contributed by atoms with Crippen molar-refractivity contribution in [3.63, 3.8) is 0 Å². The highest BCUT2D eigenvalue weighted by Gasteiger charge is 2.21. The lowest BCUT2D eigenvalue weighted by Crippen LogP contribution is -2.54. The Balaban J connectivity index is 1.65. The van der Waals surface area contributed by atoms with Gasteiger partial charge in [0.05, 0.1) is 11.5 Å². The molecule has 2 aromatic rings. The number of benzene rings is 1. The number of anilines is 1. The minimum Gasteiger partial charge on any atom is -0.354 e. The van der Waals surface area contributed by atoms with Crippen LogP contribution in [-0.4, -0.2) is 58.0 Å². The maximum atomic E-state index is 10.8. The van der Waals surface area contributed by atoms with Gasteiger partial charge in [-0.25, -0.2) is 15.0 Å². The van der Waals surface area contributed by atoms with Gasteiger partial charge in [-0.1, -0.05) is 12.1 Å². The van der Waals surface area contributed by atoms with Crippen molar-refractivity contribution in [2.24, 2.45) is 4.99 Å². The van der Waals surface area contributed by atoms with Gasteiger partial charge in [0.1, 0.15) is 0 Å². The van der Waals surface area contributed by atoms with Gasteiger partial charge in [0.25, 0.3) is 5.69 Å². The smallest absolute Gasteiger partial charge is 0.269 e. The summed E-state index contributed by atoms with van der Waals surface area (Å²) in [5, 5.41) is 14.2. The summed E-state index contributed by atoms with van der Waals surface area (Å²) in [7, 11) is 0. The van der Waals surface area contributed by atoms with Crippen molar-refractivity contribution in [1.82, 2.24) is 20.2 Å². The van der Waals surface area contributed by atoms with Crippen LogP contribution in [0.3, 0.4) is 0 Å². The molecule has 1 aromatic heterocycles. The second-order valence-corrected chi connectivity index (χ2v) is 6.89. The van der Waals surface area contributed by atoms with Gasteiger partial charge >= 0.3 is 0 Å². The number of hydrogen-bond donors (Lipinski definition) is 1. The molecule has 0 amide bonds. The zero-order chi connectivity index (χ0) is 19.9. The molecule has 0 unspecified atom stereocenters. The fourth-order valence-corrected chi connectivity index (χ4v) is 2.96. The van der Waals surface area contributed by atoms with Gasteiger partial charge in [-0.3, -0.25) is 10.1 Å². The Bertz CT molecular complexity index is 801. The lowest BCUT2D eigenvalue weighted by atomic mass is 10.2. The summed E-state index contributed by atoms with van der Waals surface area (Å²) >= 11 is 0. The summed E-state index contributed by atoms with van der Waals surface area (Å²) in [6.45, 7) is 7.90. The van der Waals surface area contributed by atoms with Gasteiger partial charge in [0.2, 0.25) is 5.95 Å². The Kier molecular flexibility index (Phi) is 6.36. The van der Waals surface area contributed by atoms with Gasteiger partial charge in [-0.2, -0.15) is 0 Å². The molecule has 0 saturated carbocycles. The maximum absolute atomic E-state index is 10.8. The normalized spacial score (nSPS) is 15.0. The van der Waals surface area contributed by atoms with Crippen molar-refractivity contribution in [2.45, 2.75) is 26.4 Å². The quantitative estimate of drug-likeness (QED) is 0.365. The molecule has 0 atom stereocenters. The summed E-state index contributed by atoms with van der Waals surface area (Å²) in [6.07, 6.45) is 3.51. The van der Waals surface area contributed by atoms with Crippen molar-refractivity contribution in [3.05, 3.63) is 58.4 Å². The molecule has 9 heteroatoms. The third-order valence-corrected chi connectivity index (χ3v) is 4.39. The zero-order valence-corrected chi connectivity index (χ0v) is 16.2. The van der Waals surface area contributed by atoms with Crippen molar-refractivity contribution in [3.8, 4) is 0 Å². The van der Waals surface area contributed by atoms with E-state index in [9.17, 15) is 10.1 Å². The number of hydrogen-bond acceptors (Lipinski definition) is 6. The predicted molar refractivity (Wildman–Crippen MR) is 108 cm³/mol. The van der Waals surface area contributed by atoms with Gasteiger partial charge in [0.15, 0.2) is 5.96 Å². The Morgan fingerprint density at radius 1 is 1.18 bits per heavy atom. The molecular formula is C19H25N7O2. The van der Waals surface area contributed by atoms with E-state index >= 15 is 0 Å². The van der Waals surface area contributed by atoms with E-state index in [0.717, 1.165) is 43.7 Å². The van der Waals surface area contributed by atoms with Crippen LogP contribution in [0.1, 0.15) is 19.4 Å². The molecule has 2 heterocycles. The average Bonchev–Trinajstić information content (AvgIpc) is 2.72. The SMILES string of the molecule is CC(C)NC(=NCc1ccc([N+](=O)[O-])cc1)N1CCN(c2ncccn2)CC1. The van der Waals surface area contributed by atoms with E-state index in [4.69, 9.17) is 4.99 Å². The highest BCUT2D eigenvalue weighted by molar-refractivity contribution is 5.80. The van der Waals surface area contributed by atoms with E-state index < -0.39 is 4.92 Å². The highest BCUT2D eigenvalue weighted by atomic mass is 16.6. The lowest BCUT2D eigenvalue weighted by molar-refractivity contribution is -0.384. The first kappa shape index (κ1) is 19.5. The number of nitrogens with one attached hydrogen (secondary N) is 1. The van der Waals surface area contributed by atoms with E-state index in [2.05, 4.69) is 38.9 Å². The van der Waals surface area contributed by atoms with Gasteiger partial charge < -0.3 is 15.1 Å². The second kappa shape index (κ2) is 9.12. The van der Waals surface area contributed by atoms with Crippen LogP contribution >= 0.6 is 0 Å². The van der Waals surface area contributed by atoms with E-state index in [1.165, 1.54) is 12.1 Å². The monoisotopic (exact) mass is 383 g/mol. The lowest BCUT2D eigenvalue weighted by Gasteiger charge is -2.37. The molecule has 148 valence electrons. The molecule has 1 aromatic carbocycles. The molecule has 0 bridgehead atoms. The Labute approximate surface area is 164 Å². The molecule has 0 spiro atoms. The molecule has 9 nitrogen and oxygen atoms in total. The van der Waals surface area contributed by atoms with E-state index in [-0.39, 0.29) is 11.7 Å². The van der Waals surface area contributed by atoms with Gasteiger partial charge in [-0.15, -0.1) is 0 Å². The van der Waals surface area contributed by atoms with Crippen molar-refractivity contribution in [2.75, 3.05) is 31.1 Å². The summed E-state index contributed by atoms with van der Waals surface area (Å²) < 4.78 is 0. The van der Waals surface area contributed by atoms with Crippen LogP contribution in [0.2, 0.25) is 0 Å². The molecule has 1 aliphatic heterocycles. The Morgan fingerprint density at radius 2 is 1.82 bits per heavy atom. The van der Waals surface area contributed by atoms with E-state index in [0.29, 0.717) is 6.54 Å². The predicted octanol–water partition coefficient (Wildman–Crippen LogP) is 2.06. The number of nitro benzene ring substituents is 1. The van der Waals surface area contributed by atoms with Crippen molar-refractivity contribution in [1.29, 1.82) is 0 Å².